The fraction of sp³-hybridized carbons (Fsp3) is 0.400. The molecule has 0 spiro atoms. The van der Waals surface area contributed by atoms with E-state index in [-0.39, 0.29) is 0 Å². The Morgan fingerprint density at radius 1 is 1.30 bits per heavy atom. The molecule has 1 N–H and O–H groups in total. The van der Waals surface area contributed by atoms with E-state index in [1.54, 1.807) is 26.5 Å². The van der Waals surface area contributed by atoms with E-state index in [2.05, 4.69) is 5.10 Å². The third-order valence-electron chi connectivity index (χ3n) is 3.24. The summed E-state index contributed by atoms with van der Waals surface area (Å²) in [5.74, 6) is 1.33. The van der Waals surface area contributed by atoms with Crippen molar-refractivity contribution in [1.29, 1.82) is 0 Å². The van der Waals surface area contributed by atoms with E-state index < -0.39 is 6.10 Å². The number of methoxy groups -OCH3 is 2. The second kappa shape index (κ2) is 6.43. The van der Waals surface area contributed by atoms with Crippen molar-refractivity contribution in [3.05, 3.63) is 41.7 Å². The fourth-order valence-corrected chi connectivity index (χ4v) is 2.11. The largest absolute Gasteiger partial charge is 0.497 e. The lowest BCUT2D eigenvalue weighted by molar-refractivity contribution is 0.174. The average molecular weight is 276 g/mol. The van der Waals surface area contributed by atoms with E-state index in [0.717, 1.165) is 17.7 Å². The molecule has 0 saturated carbocycles. The summed E-state index contributed by atoms with van der Waals surface area (Å²) in [6.45, 7) is 2.85. The zero-order valence-electron chi connectivity index (χ0n) is 12.0. The molecular weight excluding hydrogens is 256 g/mol. The highest BCUT2D eigenvalue weighted by Crippen LogP contribution is 2.31. The molecule has 0 aliphatic carbocycles. The van der Waals surface area contributed by atoms with Crippen molar-refractivity contribution in [3.8, 4) is 11.5 Å². The summed E-state index contributed by atoms with van der Waals surface area (Å²) in [5, 5.41) is 14.6. The molecule has 1 aromatic heterocycles. The second-order valence-corrected chi connectivity index (χ2v) is 4.53. The van der Waals surface area contributed by atoms with Crippen LogP contribution in [0.1, 0.15) is 24.2 Å². The van der Waals surface area contributed by atoms with Crippen molar-refractivity contribution in [2.45, 2.75) is 26.0 Å². The van der Waals surface area contributed by atoms with Gasteiger partial charge in [0.15, 0.2) is 0 Å². The monoisotopic (exact) mass is 276 g/mol. The maximum atomic E-state index is 10.4. The zero-order valence-corrected chi connectivity index (χ0v) is 12.0. The molecule has 2 aromatic rings. The molecule has 0 fully saturated rings. The fourth-order valence-electron chi connectivity index (χ4n) is 2.11. The first kappa shape index (κ1) is 14.4. The predicted octanol–water partition coefficient (Wildman–Crippen LogP) is 2.20. The lowest BCUT2D eigenvalue weighted by Gasteiger charge is -2.15. The molecule has 0 aliphatic rings. The van der Waals surface area contributed by atoms with Gasteiger partial charge in [-0.15, -0.1) is 0 Å². The van der Waals surface area contributed by atoms with Crippen molar-refractivity contribution in [1.82, 2.24) is 9.78 Å². The van der Waals surface area contributed by atoms with Crippen molar-refractivity contribution in [2.24, 2.45) is 0 Å². The highest BCUT2D eigenvalue weighted by molar-refractivity contribution is 5.42. The molecule has 0 aliphatic heterocycles. The molecule has 1 aromatic carbocycles. The Kier molecular flexibility index (Phi) is 4.63. The SMILES string of the molecule is CCn1cc(CC(O)c2ccc(OC)cc2OC)cn1. The molecule has 108 valence electrons. The zero-order chi connectivity index (χ0) is 14.5. The molecule has 1 atom stereocenters. The van der Waals surface area contributed by atoms with Gasteiger partial charge in [0.1, 0.15) is 11.5 Å². The smallest absolute Gasteiger partial charge is 0.128 e. The summed E-state index contributed by atoms with van der Waals surface area (Å²) in [6.07, 6.45) is 3.59. The summed E-state index contributed by atoms with van der Waals surface area (Å²) in [5.41, 5.74) is 1.75. The standard InChI is InChI=1S/C15H20N2O3/c1-4-17-10-11(9-16-17)7-14(18)13-6-5-12(19-2)8-15(13)20-3/h5-6,8-10,14,18H,4,7H2,1-3H3. The van der Waals surface area contributed by atoms with Crippen molar-refractivity contribution < 1.29 is 14.6 Å². The molecule has 5 heteroatoms. The second-order valence-electron chi connectivity index (χ2n) is 4.53. The highest BCUT2D eigenvalue weighted by atomic mass is 16.5. The van der Waals surface area contributed by atoms with Gasteiger partial charge in [-0.05, 0) is 24.6 Å². The van der Waals surface area contributed by atoms with Gasteiger partial charge < -0.3 is 14.6 Å². The molecule has 5 nitrogen and oxygen atoms in total. The molecule has 1 unspecified atom stereocenters. The number of aryl methyl sites for hydroxylation is 1. The van der Waals surface area contributed by atoms with Crippen LogP contribution >= 0.6 is 0 Å². The van der Waals surface area contributed by atoms with Gasteiger partial charge >= 0.3 is 0 Å². The quantitative estimate of drug-likeness (QED) is 0.878. The van der Waals surface area contributed by atoms with Gasteiger partial charge in [0, 0.05) is 30.8 Å². The van der Waals surface area contributed by atoms with Gasteiger partial charge in [-0.2, -0.15) is 5.10 Å². The molecule has 0 bridgehead atoms. The minimum absolute atomic E-state index is 0.503. The van der Waals surface area contributed by atoms with E-state index in [0.29, 0.717) is 17.9 Å². The van der Waals surface area contributed by atoms with E-state index >= 15 is 0 Å². The summed E-state index contributed by atoms with van der Waals surface area (Å²) in [4.78, 5) is 0. The molecule has 0 radical (unpaired) electrons. The van der Waals surface area contributed by atoms with Gasteiger partial charge in [-0.3, -0.25) is 4.68 Å². The van der Waals surface area contributed by atoms with Crippen LogP contribution in [-0.4, -0.2) is 29.1 Å². The lowest BCUT2D eigenvalue weighted by atomic mass is 10.0. The Labute approximate surface area is 118 Å². The first-order valence-electron chi connectivity index (χ1n) is 6.59. The molecule has 2 rings (SSSR count). The van der Waals surface area contributed by atoms with Crippen LogP contribution in [0.2, 0.25) is 0 Å². The van der Waals surface area contributed by atoms with E-state index in [1.807, 2.05) is 29.9 Å². The minimum atomic E-state index is -0.634. The van der Waals surface area contributed by atoms with Gasteiger partial charge in [0.25, 0.3) is 0 Å². The number of aliphatic hydroxyl groups is 1. The Balaban J connectivity index is 2.17. The van der Waals surface area contributed by atoms with E-state index in [4.69, 9.17) is 9.47 Å². The van der Waals surface area contributed by atoms with Crippen LogP contribution in [0.15, 0.2) is 30.6 Å². The Bertz CT molecular complexity index is 566. The van der Waals surface area contributed by atoms with Crippen LogP contribution in [0.25, 0.3) is 0 Å². The summed E-state index contributed by atoms with van der Waals surface area (Å²) in [6, 6.07) is 5.41. The predicted molar refractivity (Wildman–Crippen MR) is 76.1 cm³/mol. The third kappa shape index (κ3) is 3.11. The van der Waals surface area contributed by atoms with E-state index in [9.17, 15) is 5.11 Å². The summed E-state index contributed by atoms with van der Waals surface area (Å²) >= 11 is 0. The van der Waals surface area contributed by atoms with Crippen LogP contribution in [0.5, 0.6) is 11.5 Å². The Morgan fingerprint density at radius 3 is 2.70 bits per heavy atom. The van der Waals surface area contributed by atoms with Gasteiger partial charge in [-0.25, -0.2) is 0 Å². The van der Waals surface area contributed by atoms with Crippen molar-refractivity contribution >= 4 is 0 Å². The lowest BCUT2D eigenvalue weighted by Crippen LogP contribution is -2.04. The van der Waals surface area contributed by atoms with Gasteiger partial charge in [-0.1, -0.05) is 0 Å². The van der Waals surface area contributed by atoms with Crippen molar-refractivity contribution in [3.63, 3.8) is 0 Å². The third-order valence-corrected chi connectivity index (χ3v) is 3.24. The molecule has 0 amide bonds. The highest BCUT2D eigenvalue weighted by Gasteiger charge is 2.15. The first-order valence-corrected chi connectivity index (χ1v) is 6.59. The molecule has 1 heterocycles. The summed E-state index contributed by atoms with van der Waals surface area (Å²) < 4.78 is 12.3. The number of aromatic nitrogens is 2. The normalized spacial score (nSPS) is 12.2. The number of hydrogen-bond acceptors (Lipinski definition) is 4. The van der Waals surface area contributed by atoms with Crippen LogP contribution in [0, 0.1) is 0 Å². The maximum absolute atomic E-state index is 10.4. The number of hydrogen-bond donors (Lipinski definition) is 1. The number of nitrogens with zero attached hydrogens (tertiary/aromatic N) is 2. The first-order chi connectivity index (χ1) is 9.67. The molecule has 20 heavy (non-hydrogen) atoms. The Morgan fingerprint density at radius 2 is 2.10 bits per heavy atom. The minimum Gasteiger partial charge on any atom is -0.497 e. The van der Waals surface area contributed by atoms with Gasteiger partial charge in [0.2, 0.25) is 0 Å². The number of ether oxygens (including phenoxy) is 2. The topological polar surface area (TPSA) is 56.5 Å². The molecular formula is C15H20N2O3. The maximum Gasteiger partial charge on any atom is 0.128 e. The van der Waals surface area contributed by atoms with E-state index in [1.165, 1.54) is 0 Å². The number of aliphatic hydroxyl groups excluding tert-OH is 1. The summed E-state index contributed by atoms with van der Waals surface area (Å²) in [7, 11) is 3.18. The van der Waals surface area contributed by atoms with Crippen molar-refractivity contribution in [2.75, 3.05) is 14.2 Å². The van der Waals surface area contributed by atoms with Gasteiger partial charge in [0.05, 0.1) is 26.5 Å². The van der Waals surface area contributed by atoms with Crippen LogP contribution < -0.4 is 9.47 Å². The number of rotatable bonds is 6. The van der Waals surface area contributed by atoms with Crippen LogP contribution in [-0.2, 0) is 13.0 Å². The Hall–Kier alpha value is -2.01. The average Bonchev–Trinajstić information content (AvgIpc) is 2.94. The van der Waals surface area contributed by atoms with Crippen LogP contribution in [0.4, 0.5) is 0 Å². The van der Waals surface area contributed by atoms with Crippen LogP contribution in [0.3, 0.4) is 0 Å². The number of benzene rings is 1. The molecule has 0 saturated heterocycles.